The number of ether oxygens (including phenoxy) is 1. The van der Waals surface area contributed by atoms with Gasteiger partial charge in [0.25, 0.3) is 5.91 Å². The molecule has 0 bridgehead atoms. The van der Waals surface area contributed by atoms with Gasteiger partial charge >= 0.3 is 0 Å². The van der Waals surface area contributed by atoms with Crippen LogP contribution in [-0.2, 0) is 11.2 Å². The molecular weight excluding hydrogens is 257 g/mol. The Morgan fingerprint density at radius 3 is 2.90 bits per heavy atom. The van der Waals surface area contributed by atoms with Gasteiger partial charge in [0.2, 0.25) is 0 Å². The van der Waals surface area contributed by atoms with Crippen LogP contribution in [-0.4, -0.2) is 12.0 Å². The van der Waals surface area contributed by atoms with E-state index in [0.29, 0.717) is 12.1 Å². The van der Waals surface area contributed by atoms with Gasteiger partial charge in [-0.05, 0) is 36.2 Å². The molecule has 0 saturated heterocycles. The molecule has 4 heteroatoms. The first-order chi connectivity index (χ1) is 9.63. The SMILES string of the molecule is Cc1ccc(F)cc1NC(=O)C1Cc2ccccc2O1. The first-order valence-corrected chi connectivity index (χ1v) is 6.45. The van der Waals surface area contributed by atoms with Gasteiger partial charge in [0.05, 0.1) is 0 Å². The summed E-state index contributed by atoms with van der Waals surface area (Å²) in [5.41, 5.74) is 2.31. The maximum Gasteiger partial charge on any atom is 0.265 e. The van der Waals surface area contributed by atoms with Crippen molar-refractivity contribution in [2.75, 3.05) is 5.32 Å². The first-order valence-electron chi connectivity index (χ1n) is 6.45. The minimum absolute atomic E-state index is 0.255. The number of amides is 1. The minimum Gasteiger partial charge on any atom is -0.480 e. The Balaban J connectivity index is 1.74. The standard InChI is InChI=1S/C16H14FNO2/c1-10-6-7-12(17)9-13(10)18-16(19)15-8-11-4-2-3-5-14(11)20-15/h2-7,9,15H,8H2,1H3,(H,18,19). The van der Waals surface area contributed by atoms with Crippen LogP contribution >= 0.6 is 0 Å². The van der Waals surface area contributed by atoms with E-state index < -0.39 is 6.10 Å². The molecule has 1 aliphatic rings. The highest BCUT2D eigenvalue weighted by Crippen LogP contribution is 2.29. The summed E-state index contributed by atoms with van der Waals surface area (Å²) in [7, 11) is 0. The summed E-state index contributed by atoms with van der Waals surface area (Å²) < 4.78 is 18.8. The molecule has 0 spiro atoms. The summed E-state index contributed by atoms with van der Waals surface area (Å²) in [5.74, 6) is 0.111. The average molecular weight is 271 g/mol. The van der Waals surface area contributed by atoms with E-state index in [4.69, 9.17) is 4.74 Å². The maximum atomic E-state index is 13.2. The topological polar surface area (TPSA) is 38.3 Å². The minimum atomic E-state index is -0.560. The lowest BCUT2D eigenvalue weighted by Crippen LogP contribution is -2.31. The number of nitrogens with one attached hydrogen (secondary N) is 1. The van der Waals surface area contributed by atoms with Gasteiger partial charge in [0.1, 0.15) is 11.6 Å². The molecule has 20 heavy (non-hydrogen) atoms. The number of halogens is 1. The largest absolute Gasteiger partial charge is 0.480 e. The molecule has 2 aromatic rings. The summed E-state index contributed by atoms with van der Waals surface area (Å²) in [6, 6.07) is 11.9. The number of aryl methyl sites for hydroxylation is 1. The van der Waals surface area contributed by atoms with Crippen LogP contribution in [0.1, 0.15) is 11.1 Å². The van der Waals surface area contributed by atoms with Gasteiger partial charge in [-0.1, -0.05) is 24.3 Å². The maximum absolute atomic E-state index is 13.2. The second kappa shape index (κ2) is 4.96. The van der Waals surface area contributed by atoms with Gasteiger partial charge in [-0.3, -0.25) is 4.79 Å². The Kier molecular flexibility index (Phi) is 3.14. The van der Waals surface area contributed by atoms with Crippen LogP contribution in [0.3, 0.4) is 0 Å². The highest BCUT2D eigenvalue weighted by atomic mass is 19.1. The summed E-state index contributed by atoms with van der Waals surface area (Å²) in [4.78, 5) is 12.2. The van der Waals surface area contributed by atoms with E-state index in [9.17, 15) is 9.18 Å². The number of para-hydroxylation sites is 1. The number of carbonyl (C=O) groups is 1. The van der Waals surface area contributed by atoms with Gasteiger partial charge in [-0.15, -0.1) is 0 Å². The average Bonchev–Trinajstić information content (AvgIpc) is 2.87. The summed E-state index contributed by atoms with van der Waals surface area (Å²) in [5, 5.41) is 2.72. The molecule has 3 rings (SSSR count). The van der Waals surface area contributed by atoms with Crippen molar-refractivity contribution in [3.8, 4) is 5.75 Å². The van der Waals surface area contributed by atoms with E-state index in [-0.39, 0.29) is 11.7 Å². The third kappa shape index (κ3) is 2.37. The Morgan fingerprint density at radius 2 is 2.10 bits per heavy atom. The number of hydrogen-bond acceptors (Lipinski definition) is 2. The molecule has 1 unspecified atom stereocenters. The number of fused-ring (bicyclic) bond motifs is 1. The van der Waals surface area contributed by atoms with Crippen LogP contribution in [0.2, 0.25) is 0 Å². The normalized spacial score (nSPS) is 16.4. The number of hydrogen-bond donors (Lipinski definition) is 1. The van der Waals surface area contributed by atoms with Crippen LogP contribution in [0.4, 0.5) is 10.1 Å². The van der Waals surface area contributed by atoms with Crippen molar-refractivity contribution < 1.29 is 13.9 Å². The van der Waals surface area contributed by atoms with Gasteiger partial charge in [0.15, 0.2) is 6.10 Å². The molecule has 1 heterocycles. The van der Waals surface area contributed by atoms with E-state index >= 15 is 0 Å². The molecule has 1 N–H and O–H groups in total. The molecule has 0 aliphatic carbocycles. The lowest BCUT2D eigenvalue weighted by molar-refractivity contribution is -0.122. The fourth-order valence-electron chi connectivity index (χ4n) is 2.27. The van der Waals surface area contributed by atoms with Gasteiger partial charge in [0, 0.05) is 12.1 Å². The van der Waals surface area contributed by atoms with Crippen molar-refractivity contribution in [3.63, 3.8) is 0 Å². The van der Waals surface area contributed by atoms with E-state index in [1.807, 2.05) is 31.2 Å². The van der Waals surface area contributed by atoms with Crippen molar-refractivity contribution in [1.29, 1.82) is 0 Å². The number of anilines is 1. The van der Waals surface area contributed by atoms with Crippen LogP contribution in [0, 0.1) is 12.7 Å². The Hall–Kier alpha value is -2.36. The fourth-order valence-corrected chi connectivity index (χ4v) is 2.27. The summed E-state index contributed by atoms with van der Waals surface area (Å²) in [6.45, 7) is 1.82. The third-order valence-electron chi connectivity index (χ3n) is 3.40. The second-order valence-electron chi connectivity index (χ2n) is 4.87. The lowest BCUT2D eigenvalue weighted by atomic mass is 10.1. The molecule has 2 aromatic carbocycles. The summed E-state index contributed by atoms with van der Waals surface area (Å²) >= 11 is 0. The molecule has 1 atom stereocenters. The molecule has 1 amide bonds. The number of benzene rings is 2. The fraction of sp³-hybridized carbons (Fsp3) is 0.188. The first kappa shape index (κ1) is 12.7. The predicted molar refractivity (Wildman–Crippen MR) is 74.3 cm³/mol. The number of carbonyl (C=O) groups excluding carboxylic acids is 1. The zero-order valence-corrected chi connectivity index (χ0v) is 11.0. The van der Waals surface area contributed by atoms with Crippen LogP contribution in [0.15, 0.2) is 42.5 Å². The zero-order chi connectivity index (χ0) is 14.1. The highest BCUT2D eigenvalue weighted by Gasteiger charge is 2.28. The summed E-state index contributed by atoms with van der Waals surface area (Å²) in [6.07, 6.45) is -0.0221. The van der Waals surface area contributed by atoms with E-state index in [0.717, 1.165) is 16.9 Å². The number of rotatable bonds is 2. The van der Waals surface area contributed by atoms with Crippen molar-refractivity contribution in [2.45, 2.75) is 19.4 Å². The molecule has 0 radical (unpaired) electrons. The Bertz CT molecular complexity index is 644. The lowest BCUT2D eigenvalue weighted by Gasteiger charge is -2.13. The monoisotopic (exact) mass is 271 g/mol. The zero-order valence-electron chi connectivity index (χ0n) is 11.0. The van der Waals surface area contributed by atoms with Crippen LogP contribution in [0.5, 0.6) is 5.75 Å². The van der Waals surface area contributed by atoms with Crippen LogP contribution in [0.25, 0.3) is 0 Å². The second-order valence-corrected chi connectivity index (χ2v) is 4.87. The molecular formula is C16H14FNO2. The molecule has 0 aromatic heterocycles. The van der Waals surface area contributed by atoms with Crippen LogP contribution < -0.4 is 10.1 Å². The Morgan fingerprint density at radius 1 is 1.30 bits per heavy atom. The smallest absolute Gasteiger partial charge is 0.265 e. The molecule has 0 fully saturated rings. The van der Waals surface area contributed by atoms with Crippen molar-refractivity contribution in [2.24, 2.45) is 0 Å². The van der Waals surface area contributed by atoms with Gasteiger partial charge in [-0.2, -0.15) is 0 Å². The quantitative estimate of drug-likeness (QED) is 0.911. The van der Waals surface area contributed by atoms with Crippen molar-refractivity contribution in [1.82, 2.24) is 0 Å². The molecule has 102 valence electrons. The van der Waals surface area contributed by atoms with Crippen molar-refractivity contribution >= 4 is 11.6 Å². The molecule has 3 nitrogen and oxygen atoms in total. The van der Waals surface area contributed by atoms with Gasteiger partial charge < -0.3 is 10.1 Å². The molecule has 0 saturated carbocycles. The Labute approximate surface area is 116 Å². The van der Waals surface area contributed by atoms with Crippen molar-refractivity contribution in [3.05, 3.63) is 59.4 Å². The van der Waals surface area contributed by atoms with E-state index in [1.165, 1.54) is 12.1 Å². The van der Waals surface area contributed by atoms with Gasteiger partial charge in [-0.25, -0.2) is 4.39 Å². The predicted octanol–water partition coefficient (Wildman–Crippen LogP) is 3.08. The van der Waals surface area contributed by atoms with E-state index in [2.05, 4.69) is 5.32 Å². The third-order valence-corrected chi connectivity index (χ3v) is 3.40. The van der Waals surface area contributed by atoms with E-state index in [1.54, 1.807) is 6.07 Å². The highest BCUT2D eigenvalue weighted by molar-refractivity contribution is 5.95. The molecule has 1 aliphatic heterocycles.